The molecule has 0 fully saturated rings. The number of hydrogen-bond acceptors (Lipinski definition) is 3. The molecule has 2 aromatic rings. The molecule has 0 saturated carbocycles. The number of nitrogens with zero attached hydrogens (tertiary/aromatic N) is 2. The molecule has 2 heterocycles. The first-order valence-corrected chi connectivity index (χ1v) is 7.23. The monoisotopic (exact) mass is 322 g/mol. The Hall–Kier alpha value is -1.78. The number of benzene rings is 1. The zero-order chi connectivity index (χ0) is 14.8. The molecule has 0 bridgehead atoms. The van der Waals surface area contributed by atoms with Crippen molar-refractivity contribution in [1.29, 1.82) is 0 Å². The summed E-state index contributed by atoms with van der Waals surface area (Å²) in [4.78, 5) is 18.3. The average Bonchev–Trinajstić information content (AvgIpc) is 2.71. The fraction of sp³-hybridized carbons (Fsp3) is 0.200. The van der Waals surface area contributed by atoms with Crippen molar-refractivity contribution in [3.8, 4) is 5.75 Å². The molecule has 1 aromatic carbocycles. The summed E-state index contributed by atoms with van der Waals surface area (Å²) in [5, 5.41) is 0.539. The van der Waals surface area contributed by atoms with E-state index in [1.807, 2.05) is 24.3 Å². The third-order valence-electron chi connectivity index (χ3n) is 3.25. The molecule has 1 aliphatic rings. The van der Waals surface area contributed by atoms with Crippen LogP contribution in [0.4, 0.5) is 0 Å². The molecular formula is C15H12Cl2N2O2. The number of aromatic nitrogens is 1. The van der Waals surface area contributed by atoms with Crippen molar-refractivity contribution in [2.45, 2.75) is 6.54 Å². The van der Waals surface area contributed by atoms with Crippen molar-refractivity contribution >= 4 is 29.1 Å². The molecule has 4 nitrogen and oxygen atoms in total. The van der Waals surface area contributed by atoms with E-state index in [4.69, 9.17) is 27.9 Å². The van der Waals surface area contributed by atoms with E-state index in [0.29, 0.717) is 24.7 Å². The van der Waals surface area contributed by atoms with E-state index in [0.717, 1.165) is 11.3 Å². The second-order valence-electron chi connectivity index (χ2n) is 4.65. The van der Waals surface area contributed by atoms with Crippen LogP contribution in [-0.2, 0) is 6.54 Å². The van der Waals surface area contributed by atoms with E-state index in [1.54, 1.807) is 17.0 Å². The average molecular weight is 323 g/mol. The minimum Gasteiger partial charge on any atom is -0.491 e. The van der Waals surface area contributed by atoms with Crippen molar-refractivity contribution in [2.75, 3.05) is 13.2 Å². The van der Waals surface area contributed by atoms with Gasteiger partial charge in [0, 0.05) is 12.1 Å². The summed E-state index contributed by atoms with van der Waals surface area (Å²) in [6, 6.07) is 10.8. The van der Waals surface area contributed by atoms with Gasteiger partial charge in [0.2, 0.25) is 0 Å². The zero-order valence-electron chi connectivity index (χ0n) is 11.1. The summed E-state index contributed by atoms with van der Waals surface area (Å²) in [6.07, 6.45) is 0. The van der Waals surface area contributed by atoms with E-state index < -0.39 is 0 Å². The molecule has 21 heavy (non-hydrogen) atoms. The Bertz CT molecular complexity index is 691. The predicted molar refractivity (Wildman–Crippen MR) is 80.9 cm³/mol. The van der Waals surface area contributed by atoms with E-state index in [9.17, 15) is 4.79 Å². The van der Waals surface area contributed by atoms with Crippen LogP contribution >= 0.6 is 23.2 Å². The van der Waals surface area contributed by atoms with Crippen LogP contribution in [0.1, 0.15) is 16.1 Å². The van der Waals surface area contributed by atoms with Crippen molar-refractivity contribution in [3.05, 3.63) is 57.8 Å². The van der Waals surface area contributed by atoms with Gasteiger partial charge in [-0.05, 0) is 18.2 Å². The lowest BCUT2D eigenvalue weighted by Crippen LogP contribution is -2.33. The van der Waals surface area contributed by atoms with Gasteiger partial charge in [0.05, 0.1) is 11.6 Å². The maximum atomic E-state index is 12.6. The number of halogens is 2. The lowest BCUT2D eigenvalue weighted by Gasteiger charge is -2.19. The van der Waals surface area contributed by atoms with Gasteiger partial charge in [-0.25, -0.2) is 4.98 Å². The zero-order valence-corrected chi connectivity index (χ0v) is 12.6. The molecular weight excluding hydrogens is 311 g/mol. The summed E-state index contributed by atoms with van der Waals surface area (Å²) in [5.74, 6) is 0.556. The van der Waals surface area contributed by atoms with Gasteiger partial charge in [-0.3, -0.25) is 4.79 Å². The Labute approximate surface area is 132 Å². The first-order valence-electron chi connectivity index (χ1n) is 6.47. The summed E-state index contributed by atoms with van der Waals surface area (Å²) in [6.45, 7) is 1.36. The van der Waals surface area contributed by atoms with Crippen LogP contribution in [0.25, 0.3) is 0 Å². The minimum absolute atomic E-state index is 0.170. The number of rotatable bonds is 1. The highest BCUT2D eigenvalue weighted by atomic mass is 35.5. The maximum absolute atomic E-state index is 12.6. The van der Waals surface area contributed by atoms with Gasteiger partial charge in [0.15, 0.2) is 0 Å². The Morgan fingerprint density at radius 3 is 2.86 bits per heavy atom. The normalized spacial score (nSPS) is 14.1. The molecule has 1 aliphatic heterocycles. The largest absolute Gasteiger partial charge is 0.491 e. The molecule has 0 unspecified atom stereocenters. The molecule has 0 atom stereocenters. The number of para-hydroxylation sites is 1. The van der Waals surface area contributed by atoms with Crippen molar-refractivity contribution < 1.29 is 9.53 Å². The van der Waals surface area contributed by atoms with Gasteiger partial charge in [0.1, 0.15) is 23.2 Å². The van der Waals surface area contributed by atoms with Crippen LogP contribution in [0.3, 0.4) is 0 Å². The molecule has 0 saturated heterocycles. The Kier molecular flexibility index (Phi) is 3.99. The standard InChI is InChI=1S/C15H12Cl2N2O2/c16-11-5-6-13(17)18-14(11)15(20)19-7-8-21-12-4-2-1-3-10(12)9-19/h1-6H,7-9H2. The lowest BCUT2D eigenvalue weighted by atomic mass is 10.2. The smallest absolute Gasteiger partial charge is 0.274 e. The van der Waals surface area contributed by atoms with Gasteiger partial charge in [-0.15, -0.1) is 0 Å². The van der Waals surface area contributed by atoms with Crippen LogP contribution in [-0.4, -0.2) is 28.9 Å². The summed E-state index contributed by atoms with van der Waals surface area (Å²) >= 11 is 11.9. The lowest BCUT2D eigenvalue weighted by molar-refractivity contribution is 0.0727. The van der Waals surface area contributed by atoms with Crippen LogP contribution in [0.15, 0.2) is 36.4 Å². The Morgan fingerprint density at radius 1 is 1.19 bits per heavy atom. The highest BCUT2D eigenvalue weighted by molar-refractivity contribution is 6.34. The second kappa shape index (κ2) is 5.92. The highest BCUT2D eigenvalue weighted by Gasteiger charge is 2.23. The van der Waals surface area contributed by atoms with Crippen molar-refractivity contribution in [2.24, 2.45) is 0 Å². The number of carbonyl (C=O) groups excluding carboxylic acids is 1. The fourth-order valence-electron chi connectivity index (χ4n) is 2.22. The topological polar surface area (TPSA) is 42.4 Å². The molecule has 0 N–H and O–H groups in total. The molecule has 0 radical (unpaired) electrons. The minimum atomic E-state index is -0.247. The quantitative estimate of drug-likeness (QED) is 0.755. The maximum Gasteiger partial charge on any atom is 0.274 e. The highest BCUT2D eigenvalue weighted by Crippen LogP contribution is 2.25. The summed E-state index contributed by atoms with van der Waals surface area (Å²) in [5.41, 5.74) is 1.13. The molecule has 3 rings (SSSR count). The van der Waals surface area contributed by atoms with Gasteiger partial charge in [0.25, 0.3) is 5.91 Å². The van der Waals surface area contributed by atoms with Crippen molar-refractivity contribution in [1.82, 2.24) is 9.88 Å². The Morgan fingerprint density at radius 2 is 2.00 bits per heavy atom. The summed E-state index contributed by atoms with van der Waals surface area (Å²) < 4.78 is 5.65. The molecule has 0 spiro atoms. The van der Waals surface area contributed by atoms with Gasteiger partial charge < -0.3 is 9.64 Å². The van der Waals surface area contributed by atoms with E-state index >= 15 is 0 Å². The van der Waals surface area contributed by atoms with Crippen LogP contribution in [0.2, 0.25) is 10.2 Å². The fourth-order valence-corrected chi connectivity index (χ4v) is 2.55. The van der Waals surface area contributed by atoms with E-state index in [2.05, 4.69) is 4.98 Å². The van der Waals surface area contributed by atoms with Gasteiger partial charge in [-0.2, -0.15) is 0 Å². The number of carbonyl (C=O) groups is 1. The van der Waals surface area contributed by atoms with Gasteiger partial charge in [-0.1, -0.05) is 41.4 Å². The third kappa shape index (κ3) is 2.96. The predicted octanol–water partition coefficient (Wildman–Crippen LogP) is 3.42. The van der Waals surface area contributed by atoms with Crippen LogP contribution in [0.5, 0.6) is 5.75 Å². The van der Waals surface area contributed by atoms with Crippen molar-refractivity contribution in [3.63, 3.8) is 0 Å². The molecule has 1 aromatic heterocycles. The van der Waals surface area contributed by atoms with E-state index in [1.165, 1.54) is 0 Å². The summed E-state index contributed by atoms with van der Waals surface area (Å²) in [7, 11) is 0. The second-order valence-corrected chi connectivity index (χ2v) is 5.44. The first-order chi connectivity index (χ1) is 10.1. The van der Waals surface area contributed by atoms with Crippen LogP contribution in [0, 0.1) is 0 Å². The number of amides is 1. The van der Waals surface area contributed by atoms with Gasteiger partial charge >= 0.3 is 0 Å². The van der Waals surface area contributed by atoms with E-state index in [-0.39, 0.29) is 16.8 Å². The molecule has 108 valence electrons. The number of pyridine rings is 1. The molecule has 1 amide bonds. The number of ether oxygens (including phenoxy) is 1. The SMILES string of the molecule is O=C(c1nc(Cl)ccc1Cl)N1CCOc2ccccc2C1. The number of fused-ring (bicyclic) bond motifs is 1. The molecule has 0 aliphatic carbocycles. The molecule has 6 heteroatoms. The third-order valence-corrected chi connectivity index (χ3v) is 3.77. The van der Waals surface area contributed by atoms with Crippen LogP contribution < -0.4 is 4.74 Å². The number of hydrogen-bond donors (Lipinski definition) is 0. The first kappa shape index (κ1) is 14.2. The Balaban J connectivity index is 1.90.